The zero-order valence-corrected chi connectivity index (χ0v) is 76.6. The van der Waals surface area contributed by atoms with Crippen molar-refractivity contribution in [2.45, 2.75) is 293 Å². The number of rotatable bonds is 63. The van der Waals surface area contributed by atoms with Gasteiger partial charge in [-0.3, -0.25) is 81.5 Å². The van der Waals surface area contributed by atoms with Gasteiger partial charge in [0.15, 0.2) is 0 Å². The van der Waals surface area contributed by atoms with Crippen molar-refractivity contribution in [2.24, 2.45) is 45.9 Å². The van der Waals surface area contributed by atoms with Crippen LogP contribution in [0, 0.1) is 0 Å². The number of benzene rings is 3. The second kappa shape index (κ2) is 60.0. The summed E-state index contributed by atoms with van der Waals surface area (Å²) >= 11 is 0. The van der Waals surface area contributed by atoms with E-state index in [1.165, 1.54) is 55.4 Å². The van der Waals surface area contributed by atoms with Crippen molar-refractivity contribution in [2.75, 3.05) is 39.3 Å². The van der Waals surface area contributed by atoms with E-state index in [0.29, 0.717) is 124 Å². The number of unbranched alkanes of at least 4 members (excludes halogenated alkanes) is 6. The molecule has 0 fully saturated rings. The number of hydrogen-bond donors (Lipinski definition) is 25. The number of nitrogens with one attached hydrogen (secondary N) is 17. The van der Waals surface area contributed by atoms with Gasteiger partial charge in [-0.25, -0.2) is 0 Å². The van der Waals surface area contributed by atoms with Gasteiger partial charge in [0.25, 0.3) is 0 Å². The summed E-state index contributed by atoms with van der Waals surface area (Å²) in [6.45, 7) is 12.4. The Morgan fingerprint density at radius 2 is 0.473 bits per heavy atom. The molecule has 131 heavy (non-hydrogen) atoms. The first-order valence-corrected chi connectivity index (χ1v) is 45.1. The summed E-state index contributed by atoms with van der Waals surface area (Å²) < 4.78 is 0. The minimum Gasteiger partial charge on any atom is -0.368 e. The third kappa shape index (κ3) is 40.4. The Balaban J connectivity index is 1.47. The molecule has 42 heteroatoms. The highest BCUT2D eigenvalue weighted by atomic mass is 16.2. The summed E-state index contributed by atoms with van der Waals surface area (Å²) in [5.41, 5.74) is 48.7. The van der Waals surface area contributed by atoms with Gasteiger partial charge in [-0.1, -0.05) is 85.3 Å². The van der Waals surface area contributed by atoms with Crippen molar-refractivity contribution in [1.29, 1.82) is 0 Å². The maximum Gasteiger partial charge on any atom is 0.243 e. The van der Waals surface area contributed by atoms with Crippen molar-refractivity contribution in [3.8, 4) is 0 Å². The van der Waals surface area contributed by atoms with Crippen molar-refractivity contribution in [1.82, 2.24) is 90.1 Å². The molecule has 0 aliphatic heterocycles. The first-order valence-electron chi connectivity index (χ1n) is 45.1. The van der Waals surface area contributed by atoms with E-state index >= 15 is 0 Å². The lowest BCUT2D eigenvalue weighted by atomic mass is 10.0. The van der Waals surface area contributed by atoms with Gasteiger partial charge in [0.05, 0.1) is 6.04 Å². The van der Waals surface area contributed by atoms with E-state index < -0.39 is 203 Å². The highest BCUT2D eigenvalue weighted by Gasteiger charge is 2.38. The lowest BCUT2D eigenvalue weighted by Gasteiger charge is -2.27. The Bertz CT molecular complexity index is 4360. The molecule has 3 aromatic carbocycles. The maximum atomic E-state index is 14.5. The van der Waals surface area contributed by atoms with Crippen LogP contribution in [0.1, 0.15) is 188 Å². The molecule has 4 rings (SSSR count). The van der Waals surface area contributed by atoms with E-state index in [4.69, 9.17) is 45.9 Å². The van der Waals surface area contributed by atoms with E-state index in [1.54, 1.807) is 91.1 Å². The minimum atomic E-state index is -1.43. The number of carbonyl (C=O) groups is 17. The molecule has 0 spiro atoms. The Morgan fingerprint density at radius 1 is 0.252 bits per heavy atom. The van der Waals surface area contributed by atoms with Gasteiger partial charge >= 0.3 is 0 Å². The number of primary amides is 1. The average molecular weight is 1840 g/mol. The van der Waals surface area contributed by atoms with Gasteiger partial charge < -0.3 is 136 Å². The number of H-pyrrole nitrogens is 1. The third-order valence-electron chi connectivity index (χ3n) is 21.8. The SMILES string of the molecule is C[C@H](NC(=O)[C@H](C)NC(=O)[C@H](Cc1ccccc1)NC(=O)[C@H](C)NC(=O)[C@H](C)NC(=O)[C@H](Cc1c[nH]c2ccccc12)NC(=O)[C@H](C)NC(=O)[C@H](CCCCN)NC(=O)[C@H](C)NC(=O)[C@H](Cc1ccccc1)NC(=O)[C@H](C)NC(=O)[C@H](C)NC(=O)[C@H](CCCCN)NC(=O)[C@H](CCCCN)NC(=O)[C@H](CCCCN)NC(=O)[C@H](CCCCN)NC(=O)[C@@H](N)CCCCN)C(N)=O. The minimum absolute atomic E-state index is 0.0137. The molecular weight excluding hydrogens is 1690 g/mol. The summed E-state index contributed by atoms with van der Waals surface area (Å²) in [6, 6.07) is 2.49. The van der Waals surface area contributed by atoms with Gasteiger partial charge in [-0.05, 0) is 227 Å². The predicted molar refractivity (Wildman–Crippen MR) is 493 cm³/mol. The highest BCUT2D eigenvalue weighted by molar-refractivity contribution is 6.01. The number of carbonyl (C=O) groups excluding carboxylic acids is 17. The molecular formula is C89H143N25O17. The maximum absolute atomic E-state index is 14.5. The molecule has 0 saturated carbocycles. The van der Waals surface area contributed by atoms with Crippen LogP contribution in [0.4, 0.5) is 0 Å². The predicted octanol–water partition coefficient (Wildman–Crippen LogP) is -4.30. The topological polar surface area (TPSA) is 707 Å². The van der Waals surface area contributed by atoms with Crippen LogP contribution in [0.2, 0.25) is 0 Å². The van der Waals surface area contributed by atoms with E-state index in [0.717, 1.165) is 0 Å². The second-order valence-corrected chi connectivity index (χ2v) is 33.0. The van der Waals surface area contributed by atoms with E-state index in [-0.39, 0.29) is 77.5 Å². The molecule has 33 N–H and O–H groups in total. The van der Waals surface area contributed by atoms with Gasteiger partial charge in [-0.2, -0.15) is 0 Å². The summed E-state index contributed by atoms with van der Waals surface area (Å²) in [7, 11) is 0. The van der Waals surface area contributed by atoms with E-state index in [1.807, 2.05) is 0 Å². The zero-order chi connectivity index (χ0) is 97.2. The quantitative estimate of drug-likeness (QED) is 0.0186. The van der Waals surface area contributed by atoms with Crippen LogP contribution in [0.3, 0.4) is 0 Å². The highest BCUT2D eigenvalue weighted by Crippen LogP contribution is 2.21. The standard InChI is InChI=1S/C89H143N25O17/c1-51(73(97)115)99-74(116)52(2)104-87(129)70(47-59-29-11-9-12-30-59)112-79(121)56(6)101-76(118)54(4)105-89(131)72(49-61-50-98-64-35-16-15-33-62(61)64)114-80(122)58(8)103-82(124)65(36-18-24-42-91)107-77(119)57(7)106-88(130)71(48-60-31-13-10-14-32-60)113-78(120)55(5)100-75(117)53(3)102-83(125)66(37-19-25-43-92)109-85(127)68(39-21-27-45-94)111-86(128)69(40-22-28-46-95)110-84(126)67(38-20-26-44-93)108-81(123)63(96)34-17-23-41-90/h9-16,29-33,35,50-58,63,65-72,98H,17-28,34,36-49,90-96H2,1-8H3,(H2,97,115)(H,99,116)(H,100,117)(H,101,118)(H,102,125)(H,103,124)(H,104,129)(H,105,131)(H,106,130)(H,107,119)(H,108,123)(H,109,127)(H,110,126)(H,111,128)(H,112,121)(H,113,120)(H,114,122)/t51-,52-,53-,54-,55-,56-,57-,58-,63-,65-,66-,67-,68-,69-,70-,71-,72-/m0/s1. The largest absolute Gasteiger partial charge is 0.368 e. The van der Waals surface area contributed by atoms with Crippen LogP contribution in [-0.4, -0.2) is 247 Å². The van der Waals surface area contributed by atoms with Crippen LogP contribution in [0.5, 0.6) is 0 Å². The van der Waals surface area contributed by atoms with Gasteiger partial charge in [0.2, 0.25) is 100 Å². The average Bonchev–Trinajstić information content (AvgIpc) is 1.71. The fourth-order valence-corrected chi connectivity index (χ4v) is 13.7. The first kappa shape index (κ1) is 111. The number of para-hydroxylation sites is 1. The second-order valence-electron chi connectivity index (χ2n) is 33.0. The third-order valence-corrected chi connectivity index (χ3v) is 21.8. The molecule has 17 atom stereocenters. The summed E-state index contributed by atoms with van der Waals surface area (Å²) in [4.78, 5) is 239. The van der Waals surface area contributed by atoms with Crippen LogP contribution in [0.25, 0.3) is 10.9 Å². The zero-order valence-electron chi connectivity index (χ0n) is 76.6. The molecule has 0 radical (unpaired) electrons. The van der Waals surface area contributed by atoms with Crippen LogP contribution < -0.4 is 131 Å². The molecule has 1 heterocycles. The van der Waals surface area contributed by atoms with Crippen molar-refractivity contribution in [3.05, 3.63) is 108 Å². The number of aromatic amines is 1. The Morgan fingerprint density at radius 3 is 0.771 bits per heavy atom. The first-order chi connectivity index (χ1) is 62.4. The Kier molecular flexibility index (Phi) is 50.9. The number of fused-ring (bicyclic) bond motifs is 1. The summed E-state index contributed by atoms with van der Waals surface area (Å²) in [6.07, 6.45) is 7.34. The van der Waals surface area contributed by atoms with Crippen molar-refractivity contribution >= 4 is 111 Å². The number of nitrogens with two attached hydrogens (primary N) is 8. The smallest absolute Gasteiger partial charge is 0.243 e. The molecule has 4 aromatic rings. The normalized spacial score (nSPS) is 15.1. The van der Waals surface area contributed by atoms with Crippen molar-refractivity contribution in [3.63, 3.8) is 0 Å². The van der Waals surface area contributed by atoms with Gasteiger partial charge in [0, 0.05) is 36.4 Å². The van der Waals surface area contributed by atoms with Crippen molar-refractivity contribution < 1.29 is 81.5 Å². The Labute approximate surface area is 765 Å². The molecule has 1 aromatic heterocycles. The van der Waals surface area contributed by atoms with E-state index in [2.05, 4.69) is 90.1 Å². The molecule has 0 saturated heterocycles. The molecule has 0 unspecified atom stereocenters. The van der Waals surface area contributed by atoms with Gasteiger partial charge in [-0.15, -0.1) is 0 Å². The number of amides is 17. The van der Waals surface area contributed by atoms with Gasteiger partial charge in [0.1, 0.15) is 96.7 Å². The summed E-state index contributed by atoms with van der Waals surface area (Å²) in [5.74, 6) is -13.6. The molecule has 726 valence electrons. The fourth-order valence-electron chi connectivity index (χ4n) is 13.7. The lowest BCUT2D eigenvalue weighted by molar-refractivity contribution is -0.136. The molecule has 0 aliphatic rings. The summed E-state index contributed by atoms with van der Waals surface area (Å²) in [5, 5.41) is 42.7. The van der Waals surface area contributed by atoms with Crippen LogP contribution in [-0.2, 0) is 101 Å². The number of hydrogen-bond acceptors (Lipinski definition) is 24. The molecule has 42 nitrogen and oxygen atoms in total. The number of aromatic nitrogens is 1. The molecule has 0 bridgehead atoms. The fraction of sp³-hybridized carbons (Fsp3) is 0.584. The van der Waals surface area contributed by atoms with Crippen LogP contribution in [0.15, 0.2) is 91.1 Å². The monoisotopic (exact) mass is 1830 g/mol. The van der Waals surface area contributed by atoms with Crippen LogP contribution >= 0.6 is 0 Å². The lowest BCUT2D eigenvalue weighted by Crippen LogP contribution is -2.60. The molecule has 17 amide bonds. The molecule has 0 aliphatic carbocycles. The Hall–Kier alpha value is -12.1. The van der Waals surface area contributed by atoms with E-state index in [9.17, 15) is 81.5 Å².